The molecule has 0 spiro atoms. The molecular formula is C22H20Cl2N6O. The summed E-state index contributed by atoms with van der Waals surface area (Å²) < 4.78 is 1.82. The van der Waals surface area contributed by atoms with E-state index in [9.17, 15) is 4.79 Å². The smallest absolute Gasteiger partial charge is 0.261 e. The predicted octanol–water partition coefficient (Wildman–Crippen LogP) is 4.58. The normalized spacial score (nSPS) is 14.9. The van der Waals surface area contributed by atoms with Crippen LogP contribution in [0.2, 0.25) is 10.0 Å². The van der Waals surface area contributed by atoms with Crippen LogP contribution in [-0.4, -0.2) is 44.6 Å². The SMILES string of the molecule is CN1CCC=C(c2nc3ccc4nc(Nc5c(Cl)cccc5Cl)n(C)c4c3c(=O)[nH]2)C1. The van der Waals surface area contributed by atoms with E-state index in [0.29, 0.717) is 49.4 Å². The molecule has 5 rings (SSSR count). The van der Waals surface area contributed by atoms with Crippen LogP contribution >= 0.6 is 23.2 Å². The van der Waals surface area contributed by atoms with Crippen LogP contribution in [0.25, 0.3) is 27.5 Å². The molecular weight excluding hydrogens is 435 g/mol. The Balaban J connectivity index is 1.65. The van der Waals surface area contributed by atoms with Crippen molar-refractivity contribution in [3.05, 3.63) is 62.6 Å². The summed E-state index contributed by atoms with van der Waals surface area (Å²) in [5.74, 6) is 1.14. The predicted molar refractivity (Wildman–Crippen MR) is 126 cm³/mol. The van der Waals surface area contributed by atoms with Crippen molar-refractivity contribution in [1.82, 2.24) is 24.4 Å². The maximum atomic E-state index is 13.1. The van der Waals surface area contributed by atoms with Gasteiger partial charge in [0.2, 0.25) is 5.95 Å². The standard InChI is InChI=1S/C22H20Cl2N6O/c1-29-10-4-5-12(11-29)20-25-15-8-9-16-19(17(15)21(31)28-20)30(2)22(26-16)27-18-13(23)6-3-7-14(18)24/h3,5-9H,4,10-11H2,1-2H3,(H,26,27)(H,25,28,31). The lowest BCUT2D eigenvalue weighted by molar-refractivity contribution is 0.372. The largest absolute Gasteiger partial charge is 0.323 e. The molecule has 0 saturated carbocycles. The van der Waals surface area contributed by atoms with E-state index in [0.717, 1.165) is 25.1 Å². The number of aryl methyl sites for hydroxylation is 1. The van der Waals surface area contributed by atoms with E-state index in [1.807, 2.05) is 23.7 Å². The number of halogens is 2. The molecule has 0 fully saturated rings. The average Bonchev–Trinajstić information content (AvgIpc) is 3.06. The number of nitrogens with zero attached hydrogens (tertiary/aromatic N) is 4. The number of nitrogens with one attached hydrogen (secondary N) is 2. The van der Waals surface area contributed by atoms with Crippen molar-refractivity contribution >= 4 is 62.3 Å². The lowest BCUT2D eigenvalue weighted by atomic mass is 10.1. The van der Waals surface area contributed by atoms with Crippen LogP contribution in [0.1, 0.15) is 12.2 Å². The molecule has 0 unspecified atom stereocenters. The van der Waals surface area contributed by atoms with Crippen LogP contribution in [0.4, 0.5) is 11.6 Å². The summed E-state index contributed by atoms with van der Waals surface area (Å²) in [5.41, 5.74) is 3.41. The molecule has 0 saturated heterocycles. The first-order valence-electron chi connectivity index (χ1n) is 9.91. The molecule has 0 radical (unpaired) electrons. The van der Waals surface area contributed by atoms with E-state index in [2.05, 4.69) is 33.3 Å². The second kappa shape index (κ2) is 7.67. The monoisotopic (exact) mass is 454 g/mol. The van der Waals surface area contributed by atoms with E-state index in [1.165, 1.54) is 0 Å². The van der Waals surface area contributed by atoms with Gasteiger partial charge in [-0.1, -0.05) is 35.3 Å². The van der Waals surface area contributed by atoms with Gasteiger partial charge in [0.05, 0.1) is 37.7 Å². The van der Waals surface area contributed by atoms with E-state index >= 15 is 0 Å². The fraction of sp³-hybridized carbons (Fsp3) is 0.227. The zero-order valence-electron chi connectivity index (χ0n) is 17.0. The molecule has 0 amide bonds. The van der Waals surface area contributed by atoms with Crippen molar-refractivity contribution in [3.8, 4) is 0 Å². The number of anilines is 2. The van der Waals surface area contributed by atoms with Crippen LogP contribution in [0.15, 0.2) is 41.2 Å². The van der Waals surface area contributed by atoms with Gasteiger partial charge in [0.25, 0.3) is 5.56 Å². The molecule has 0 aliphatic carbocycles. The summed E-state index contributed by atoms with van der Waals surface area (Å²) >= 11 is 12.6. The second-order valence-corrected chi connectivity index (χ2v) is 8.53. The number of hydrogen-bond acceptors (Lipinski definition) is 5. The number of hydrogen-bond donors (Lipinski definition) is 2. The van der Waals surface area contributed by atoms with Crippen LogP contribution in [0.5, 0.6) is 0 Å². The van der Waals surface area contributed by atoms with Gasteiger partial charge >= 0.3 is 0 Å². The summed E-state index contributed by atoms with van der Waals surface area (Å²) in [5, 5.41) is 4.66. The van der Waals surface area contributed by atoms with Crippen LogP contribution in [-0.2, 0) is 7.05 Å². The summed E-state index contributed by atoms with van der Waals surface area (Å²) in [4.78, 5) is 27.7. The third-order valence-electron chi connectivity index (χ3n) is 5.55. The number of H-pyrrole nitrogens is 1. The summed E-state index contributed by atoms with van der Waals surface area (Å²) in [6.45, 7) is 1.76. The quantitative estimate of drug-likeness (QED) is 0.473. The van der Waals surface area contributed by atoms with Crippen molar-refractivity contribution in [2.45, 2.75) is 6.42 Å². The third kappa shape index (κ3) is 3.48. The first-order valence-corrected chi connectivity index (χ1v) is 10.7. The number of fused-ring (bicyclic) bond motifs is 3. The number of imidazole rings is 1. The molecule has 7 nitrogen and oxygen atoms in total. The number of benzene rings is 2. The topological polar surface area (TPSA) is 78.8 Å². The Morgan fingerprint density at radius 1 is 1.06 bits per heavy atom. The van der Waals surface area contributed by atoms with Crippen LogP contribution in [0, 0.1) is 0 Å². The van der Waals surface area contributed by atoms with Crippen LogP contribution < -0.4 is 10.9 Å². The molecule has 158 valence electrons. The van der Waals surface area contributed by atoms with E-state index in [-0.39, 0.29) is 5.56 Å². The molecule has 2 aromatic heterocycles. The van der Waals surface area contributed by atoms with Gasteiger partial charge in [0, 0.05) is 25.7 Å². The van der Waals surface area contributed by atoms with Crippen LogP contribution in [0.3, 0.4) is 0 Å². The molecule has 4 aromatic rings. The Labute approximate surface area is 188 Å². The highest BCUT2D eigenvalue weighted by atomic mass is 35.5. The molecule has 0 atom stereocenters. The Hall–Kier alpha value is -2.87. The molecule has 0 bridgehead atoms. The highest BCUT2D eigenvalue weighted by Crippen LogP contribution is 2.34. The van der Waals surface area contributed by atoms with Gasteiger partial charge in [-0.15, -0.1) is 0 Å². The van der Waals surface area contributed by atoms with Crippen molar-refractivity contribution in [3.63, 3.8) is 0 Å². The molecule has 9 heteroatoms. The maximum Gasteiger partial charge on any atom is 0.261 e. The van der Waals surface area contributed by atoms with Crippen molar-refractivity contribution in [2.24, 2.45) is 7.05 Å². The Kier molecular flexibility index (Phi) is 4.97. The lowest BCUT2D eigenvalue weighted by Crippen LogP contribution is -2.26. The fourth-order valence-corrected chi connectivity index (χ4v) is 4.48. The number of aromatic nitrogens is 4. The minimum atomic E-state index is -0.190. The number of aromatic amines is 1. The zero-order chi connectivity index (χ0) is 21.7. The Morgan fingerprint density at radius 3 is 2.55 bits per heavy atom. The zero-order valence-corrected chi connectivity index (χ0v) is 18.6. The van der Waals surface area contributed by atoms with Gasteiger partial charge in [0.15, 0.2) is 0 Å². The van der Waals surface area contributed by atoms with Gasteiger partial charge in [-0.05, 0) is 37.7 Å². The number of para-hydroxylation sites is 1. The van der Waals surface area contributed by atoms with Crippen molar-refractivity contribution in [2.75, 3.05) is 25.5 Å². The van der Waals surface area contributed by atoms with Gasteiger partial charge in [-0.2, -0.15) is 0 Å². The van der Waals surface area contributed by atoms with Crippen molar-refractivity contribution < 1.29 is 0 Å². The minimum Gasteiger partial charge on any atom is -0.323 e. The summed E-state index contributed by atoms with van der Waals surface area (Å²) in [7, 11) is 3.90. The van der Waals surface area contributed by atoms with Gasteiger partial charge < -0.3 is 19.8 Å². The van der Waals surface area contributed by atoms with Gasteiger partial charge in [-0.25, -0.2) is 9.97 Å². The van der Waals surface area contributed by atoms with Gasteiger partial charge in [0.1, 0.15) is 5.82 Å². The average molecular weight is 455 g/mol. The number of rotatable bonds is 3. The first-order chi connectivity index (χ1) is 14.9. The molecule has 3 heterocycles. The van der Waals surface area contributed by atoms with E-state index in [1.54, 1.807) is 18.2 Å². The van der Waals surface area contributed by atoms with E-state index in [4.69, 9.17) is 28.2 Å². The fourth-order valence-electron chi connectivity index (χ4n) is 3.99. The molecule has 31 heavy (non-hydrogen) atoms. The minimum absolute atomic E-state index is 0.190. The highest BCUT2D eigenvalue weighted by Gasteiger charge is 2.18. The third-order valence-corrected chi connectivity index (χ3v) is 6.18. The van der Waals surface area contributed by atoms with Gasteiger partial charge in [-0.3, -0.25) is 4.79 Å². The Bertz CT molecular complexity index is 1400. The summed E-state index contributed by atoms with van der Waals surface area (Å²) in [6.07, 6.45) is 3.08. The molecule has 1 aliphatic heterocycles. The molecule has 2 aromatic carbocycles. The highest BCUT2D eigenvalue weighted by molar-refractivity contribution is 6.39. The number of likely N-dealkylation sites (N-methyl/N-ethyl adjacent to an activating group) is 1. The second-order valence-electron chi connectivity index (χ2n) is 7.71. The van der Waals surface area contributed by atoms with Crippen molar-refractivity contribution in [1.29, 1.82) is 0 Å². The maximum absolute atomic E-state index is 13.1. The van der Waals surface area contributed by atoms with E-state index < -0.39 is 0 Å². The Morgan fingerprint density at radius 2 is 1.81 bits per heavy atom. The molecule has 2 N–H and O–H groups in total. The molecule has 1 aliphatic rings. The summed E-state index contributed by atoms with van der Waals surface area (Å²) in [6, 6.07) is 8.99. The lowest BCUT2D eigenvalue weighted by Gasteiger charge is -2.22. The first kappa shape index (κ1) is 20.1.